The third-order valence-electron chi connectivity index (χ3n) is 4.73. The minimum absolute atomic E-state index is 0.0262. The standard InChI is InChI=1S/C17H16O6/c18-10-7-11(8-4-2-1-3-5-8)22-17-13(10)9-6-12(19)23-16(9)14(20)15(17)21/h1-5,9,11,14-16,20-21H,6-7H2. The molecule has 1 aliphatic carbocycles. The van der Waals surface area contributed by atoms with Crippen LogP contribution in [0.15, 0.2) is 41.7 Å². The first kappa shape index (κ1) is 14.4. The Balaban J connectivity index is 1.73. The lowest BCUT2D eigenvalue weighted by Gasteiger charge is -2.39. The van der Waals surface area contributed by atoms with Crippen LogP contribution in [0.5, 0.6) is 0 Å². The van der Waals surface area contributed by atoms with Crippen molar-refractivity contribution in [3.05, 3.63) is 47.2 Å². The molecule has 5 atom stereocenters. The van der Waals surface area contributed by atoms with Crippen molar-refractivity contribution in [2.24, 2.45) is 5.92 Å². The number of aliphatic hydroxyl groups is 2. The van der Waals surface area contributed by atoms with E-state index in [9.17, 15) is 19.8 Å². The van der Waals surface area contributed by atoms with E-state index in [1.807, 2.05) is 30.3 Å². The normalized spacial score (nSPS) is 36.2. The highest BCUT2D eigenvalue weighted by Gasteiger charge is 2.54. The Morgan fingerprint density at radius 3 is 2.48 bits per heavy atom. The average Bonchev–Trinajstić information content (AvgIpc) is 2.94. The van der Waals surface area contributed by atoms with Crippen molar-refractivity contribution < 1.29 is 29.3 Å². The van der Waals surface area contributed by atoms with Crippen molar-refractivity contribution in [2.45, 2.75) is 37.3 Å². The lowest BCUT2D eigenvalue weighted by atomic mass is 9.76. The van der Waals surface area contributed by atoms with Crippen LogP contribution in [0.3, 0.4) is 0 Å². The van der Waals surface area contributed by atoms with Crippen LogP contribution in [0.25, 0.3) is 0 Å². The van der Waals surface area contributed by atoms with Crippen molar-refractivity contribution in [1.29, 1.82) is 0 Å². The monoisotopic (exact) mass is 316 g/mol. The van der Waals surface area contributed by atoms with Crippen LogP contribution in [-0.4, -0.2) is 40.3 Å². The molecule has 3 aliphatic rings. The van der Waals surface area contributed by atoms with E-state index in [-0.39, 0.29) is 24.4 Å². The van der Waals surface area contributed by atoms with E-state index in [1.54, 1.807) is 0 Å². The zero-order chi connectivity index (χ0) is 16.1. The van der Waals surface area contributed by atoms with Gasteiger partial charge in [0.2, 0.25) is 0 Å². The Morgan fingerprint density at radius 1 is 1.00 bits per heavy atom. The van der Waals surface area contributed by atoms with Gasteiger partial charge in [-0.3, -0.25) is 9.59 Å². The molecule has 2 heterocycles. The van der Waals surface area contributed by atoms with Crippen molar-refractivity contribution in [1.82, 2.24) is 0 Å². The van der Waals surface area contributed by atoms with Gasteiger partial charge in [-0.25, -0.2) is 0 Å². The van der Waals surface area contributed by atoms with Gasteiger partial charge in [0, 0.05) is 11.5 Å². The van der Waals surface area contributed by atoms with E-state index in [2.05, 4.69) is 0 Å². The quantitative estimate of drug-likeness (QED) is 0.739. The lowest BCUT2D eigenvalue weighted by molar-refractivity contribution is -0.153. The number of ketones is 1. The number of rotatable bonds is 1. The fraction of sp³-hybridized carbons (Fsp3) is 0.412. The number of fused-ring (bicyclic) bond motifs is 2. The topological polar surface area (TPSA) is 93.1 Å². The summed E-state index contributed by atoms with van der Waals surface area (Å²) in [5, 5.41) is 20.5. The molecule has 23 heavy (non-hydrogen) atoms. The molecular weight excluding hydrogens is 300 g/mol. The van der Waals surface area contributed by atoms with E-state index in [4.69, 9.17) is 9.47 Å². The molecule has 0 bridgehead atoms. The number of benzene rings is 1. The number of ether oxygens (including phenoxy) is 2. The summed E-state index contributed by atoms with van der Waals surface area (Å²) >= 11 is 0. The summed E-state index contributed by atoms with van der Waals surface area (Å²) in [5.74, 6) is -1.10. The van der Waals surface area contributed by atoms with E-state index in [0.29, 0.717) is 5.57 Å². The van der Waals surface area contributed by atoms with Crippen LogP contribution in [0.2, 0.25) is 0 Å². The van der Waals surface area contributed by atoms with Crippen LogP contribution in [0, 0.1) is 5.92 Å². The number of carbonyl (C=O) groups is 2. The molecule has 0 radical (unpaired) electrons. The lowest BCUT2D eigenvalue weighted by Crippen LogP contribution is -2.49. The molecule has 6 heteroatoms. The second-order valence-corrected chi connectivity index (χ2v) is 6.12. The molecule has 0 saturated carbocycles. The molecule has 1 aromatic carbocycles. The number of hydrogen-bond donors (Lipinski definition) is 2. The summed E-state index contributed by atoms with van der Waals surface area (Å²) in [6, 6.07) is 9.25. The van der Waals surface area contributed by atoms with Gasteiger partial charge < -0.3 is 19.7 Å². The molecule has 1 fully saturated rings. The van der Waals surface area contributed by atoms with Crippen molar-refractivity contribution >= 4 is 11.8 Å². The second kappa shape index (κ2) is 5.18. The molecule has 120 valence electrons. The summed E-state index contributed by atoms with van der Waals surface area (Å²) in [6.45, 7) is 0. The van der Waals surface area contributed by atoms with Crippen LogP contribution < -0.4 is 0 Å². The van der Waals surface area contributed by atoms with Gasteiger partial charge in [0.1, 0.15) is 30.2 Å². The Morgan fingerprint density at radius 2 is 1.74 bits per heavy atom. The van der Waals surface area contributed by atoms with Gasteiger partial charge in [-0.2, -0.15) is 0 Å². The van der Waals surface area contributed by atoms with Gasteiger partial charge in [-0.1, -0.05) is 30.3 Å². The van der Waals surface area contributed by atoms with Crippen molar-refractivity contribution in [3.63, 3.8) is 0 Å². The summed E-state index contributed by atoms with van der Waals surface area (Å²) in [6.07, 6.45) is -3.86. The molecule has 1 saturated heterocycles. The molecule has 1 aromatic rings. The van der Waals surface area contributed by atoms with Gasteiger partial charge in [0.05, 0.1) is 12.8 Å². The number of aliphatic hydroxyl groups excluding tert-OH is 2. The highest BCUT2D eigenvalue weighted by atomic mass is 16.6. The molecular formula is C17H16O6. The molecule has 6 nitrogen and oxygen atoms in total. The average molecular weight is 316 g/mol. The first-order valence-corrected chi connectivity index (χ1v) is 7.60. The number of Topliss-reactive ketones (excluding diaryl/α,β-unsaturated/α-hetero) is 1. The number of esters is 1. The van der Waals surface area contributed by atoms with Gasteiger partial charge in [-0.05, 0) is 5.56 Å². The molecule has 0 spiro atoms. The van der Waals surface area contributed by atoms with Crippen LogP contribution >= 0.6 is 0 Å². The zero-order valence-corrected chi connectivity index (χ0v) is 12.2. The predicted molar refractivity (Wildman–Crippen MR) is 76.9 cm³/mol. The van der Waals surface area contributed by atoms with Crippen LogP contribution in [0.1, 0.15) is 24.5 Å². The highest BCUT2D eigenvalue weighted by molar-refractivity contribution is 5.99. The Labute approximate surface area is 132 Å². The Kier molecular flexibility index (Phi) is 3.25. The van der Waals surface area contributed by atoms with E-state index >= 15 is 0 Å². The number of carbonyl (C=O) groups excluding carboxylic acids is 2. The van der Waals surface area contributed by atoms with Crippen molar-refractivity contribution in [2.75, 3.05) is 0 Å². The summed E-state index contributed by atoms with van der Waals surface area (Å²) in [4.78, 5) is 24.2. The molecule has 4 rings (SSSR count). The van der Waals surface area contributed by atoms with E-state index in [1.165, 1.54) is 0 Å². The Bertz CT molecular complexity index is 694. The summed E-state index contributed by atoms with van der Waals surface area (Å²) in [5.41, 5.74) is 1.13. The fourth-order valence-electron chi connectivity index (χ4n) is 3.63. The highest BCUT2D eigenvalue weighted by Crippen LogP contribution is 2.45. The molecule has 2 N–H and O–H groups in total. The Hall–Kier alpha value is -2.18. The van der Waals surface area contributed by atoms with E-state index in [0.717, 1.165) is 5.56 Å². The fourth-order valence-corrected chi connectivity index (χ4v) is 3.63. The van der Waals surface area contributed by atoms with Gasteiger partial charge in [0.25, 0.3) is 0 Å². The van der Waals surface area contributed by atoms with Crippen molar-refractivity contribution in [3.8, 4) is 0 Å². The maximum atomic E-state index is 12.6. The van der Waals surface area contributed by atoms with Gasteiger partial charge in [-0.15, -0.1) is 0 Å². The first-order valence-electron chi connectivity index (χ1n) is 7.60. The third-order valence-corrected chi connectivity index (χ3v) is 4.73. The number of hydrogen-bond acceptors (Lipinski definition) is 6. The smallest absolute Gasteiger partial charge is 0.306 e. The van der Waals surface area contributed by atoms with Crippen LogP contribution in [-0.2, 0) is 19.1 Å². The van der Waals surface area contributed by atoms with Crippen LogP contribution in [0.4, 0.5) is 0 Å². The molecule has 0 aromatic heterocycles. The minimum Gasteiger partial charge on any atom is -0.486 e. The maximum absolute atomic E-state index is 12.6. The maximum Gasteiger partial charge on any atom is 0.306 e. The first-order chi connectivity index (χ1) is 11.1. The van der Waals surface area contributed by atoms with Gasteiger partial charge >= 0.3 is 5.97 Å². The minimum atomic E-state index is -1.37. The summed E-state index contributed by atoms with van der Waals surface area (Å²) < 4.78 is 10.9. The predicted octanol–water partition coefficient (Wildman–Crippen LogP) is 0.638. The SMILES string of the molecule is O=C1CC2C3=C(OC(c4ccccc4)CC3=O)C(O)C(O)C2O1. The molecule has 5 unspecified atom stereocenters. The van der Waals surface area contributed by atoms with E-state index < -0.39 is 36.3 Å². The van der Waals surface area contributed by atoms with Gasteiger partial charge in [0.15, 0.2) is 5.78 Å². The molecule has 2 aliphatic heterocycles. The largest absolute Gasteiger partial charge is 0.486 e. The third kappa shape index (κ3) is 2.17. The molecule has 0 amide bonds. The summed E-state index contributed by atoms with van der Waals surface area (Å²) in [7, 11) is 0. The zero-order valence-electron chi connectivity index (χ0n) is 12.2. The second-order valence-electron chi connectivity index (χ2n) is 6.12.